The Kier molecular flexibility index (Phi) is 6.22. The molecule has 7 heteroatoms. The number of methoxy groups -OCH3 is 1. The summed E-state index contributed by atoms with van der Waals surface area (Å²) >= 11 is 7.21. The number of rotatable bonds is 7. The molecule has 0 aliphatic heterocycles. The number of nitrogens with zero attached hydrogens (tertiary/aromatic N) is 3. The molecule has 94 valence electrons. The van der Waals surface area contributed by atoms with Crippen molar-refractivity contribution in [2.24, 2.45) is 0 Å². The Bertz CT molecular complexity index is 391. The molecule has 0 unspecified atom stereocenters. The summed E-state index contributed by atoms with van der Waals surface area (Å²) in [6.07, 6.45) is 0.412. The summed E-state index contributed by atoms with van der Waals surface area (Å²) in [5.41, 5.74) is 0. The number of thiazole rings is 1. The van der Waals surface area contributed by atoms with Crippen molar-refractivity contribution in [1.29, 1.82) is 5.26 Å². The largest absolute Gasteiger partial charge is 0.391 e. The second-order valence-electron chi connectivity index (χ2n) is 3.26. The standard InChI is InChI=1S/C10H14ClN3O2S/c1-16-6-5-14(4-2-3-12)10-13-9(11)8(7-15)17-10/h15H,2,4-7H2,1H3. The molecular weight excluding hydrogens is 262 g/mol. The molecule has 0 bridgehead atoms. The number of aliphatic hydroxyl groups excluding tert-OH is 1. The van der Waals surface area contributed by atoms with Gasteiger partial charge in [0.1, 0.15) is 5.15 Å². The number of aliphatic hydroxyl groups is 1. The average Bonchev–Trinajstić information content (AvgIpc) is 2.70. The lowest BCUT2D eigenvalue weighted by atomic mass is 10.4. The maximum absolute atomic E-state index is 9.06. The molecule has 0 spiro atoms. The van der Waals surface area contributed by atoms with E-state index in [4.69, 9.17) is 26.7 Å². The Morgan fingerprint density at radius 2 is 2.35 bits per heavy atom. The molecule has 0 aromatic carbocycles. The second kappa shape index (κ2) is 7.45. The number of ether oxygens (including phenoxy) is 1. The highest BCUT2D eigenvalue weighted by Gasteiger charge is 2.14. The minimum atomic E-state index is -0.118. The predicted molar refractivity (Wildman–Crippen MR) is 67.4 cm³/mol. The van der Waals surface area contributed by atoms with Crippen LogP contribution in [0, 0.1) is 11.3 Å². The van der Waals surface area contributed by atoms with Gasteiger partial charge in [-0.2, -0.15) is 5.26 Å². The molecule has 0 saturated carbocycles. The van der Waals surface area contributed by atoms with Crippen molar-refractivity contribution >= 4 is 28.1 Å². The Morgan fingerprint density at radius 3 is 2.88 bits per heavy atom. The molecule has 1 N–H and O–H groups in total. The normalized spacial score (nSPS) is 10.2. The molecule has 17 heavy (non-hydrogen) atoms. The van der Waals surface area contributed by atoms with E-state index in [-0.39, 0.29) is 6.61 Å². The van der Waals surface area contributed by atoms with Gasteiger partial charge in [-0.25, -0.2) is 4.98 Å². The lowest BCUT2D eigenvalue weighted by Gasteiger charge is -2.19. The number of nitriles is 1. The van der Waals surface area contributed by atoms with Crippen molar-refractivity contribution in [3.05, 3.63) is 10.0 Å². The molecule has 0 aliphatic carbocycles. The van der Waals surface area contributed by atoms with Gasteiger partial charge in [-0.3, -0.25) is 0 Å². The first-order valence-corrected chi connectivity index (χ1v) is 6.29. The van der Waals surface area contributed by atoms with Gasteiger partial charge in [0.2, 0.25) is 0 Å². The van der Waals surface area contributed by atoms with E-state index in [1.165, 1.54) is 11.3 Å². The zero-order chi connectivity index (χ0) is 12.7. The zero-order valence-corrected chi connectivity index (χ0v) is 11.1. The summed E-state index contributed by atoms with van der Waals surface area (Å²) in [5.74, 6) is 0. The SMILES string of the molecule is COCCN(CCC#N)c1nc(Cl)c(CO)s1. The van der Waals surface area contributed by atoms with Crippen molar-refractivity contribution < 1.29 is 9.84 Å². The van der Waals surface area contributed by atoms with Crippen molar-refractivity contribution in [3.8, 4) is 6.07 Å². The van der Waals surface area contributed by atoms with Gasteiger partial charge in [-0.1, -0.05) is 22.9 Å². The number of halogens is 1. The molecule has 0 amide bonds. The van der Waals surface area contributed by atoms with E-state index in [9.17, 15) is 0 Å². The van der Waals surface area contributed by atoms with Gasteiger partial charge < -0.3 is 14.7 Å². The van der Waals surface area contributed by atoms with E-state index in [0.717, 1.165) is 0 Å². The molecular formula is C10H14ClN3O2S. The molecule has 1 rings (SSSR count). The van der Waals surface area contributed by atoms with Gasteiger partial charge >= 0.3 is 0 Å². The first-order valence-electron chi connectivity index (χ1n) is 5.09. The maximum atomic E-state index is 9.06. The fraction of sp³-hybridized carbons (Fsp3) is 0.600. The van der Waals surface area contributed by atoms with Crippen LogP contribution in [0.3, 0.4) is 0 Å². The number of aromatic nitrogens is 1. The van der Waals surface area contributed by atoms with Crippen LogP contribution >= 0.6 is 22.9 Å². The van der Waals surface area contributed by atoms with E-state index >= 15 is 0 Å². The van der Waals surface area contributed by atoms with Gasteiger partial charge in [0.25, 0.3) is 0 Å². The Labute approximate surface area is 109 Å². The van der Waals surface area contributed by atoms with E-state index < -0.39 is 0 Å². The molecule has 0 radical (unpaired) electrons. The topological polar surface area (TPSA) is 69.4 Å². The first-order chi connectivity index (χ1) is 8.22. The first kappa shape index (κ1) is 14.2. The fourth-order valence-corrected chi connectivity index (χ4v) is 2.41. The van der Waals surface area contributed by atoms with Crippen LogP contribution < -0.4 is 4.90 Å². The Morgan fingerprint density at radius 1 is 1.59 bits per heavy atom. The molecule has 0 aliphatic rings. The molecule has 1 aromatic rings. The quantitative estimate of drug-likeness (QED) is 0.819. The van der Waals surface area contributed by atoms with Crippen LogP contribution in [0.2, 0.25) is 5.15 Å². The van der Waals surface area contributed by atoms with Gasteiger partial charge in [0.15, 0.2) is 5.13 Å². The summed E-state index contributed by atoms with van der Waals surface area (Å²) in [6.45, 7) is 1.66. The maximum Gasteiger partial charge on any atom is 0.187 e. The Balaban J connectivity index is 2.76. The lowest BCUT2D eigenvalue weighted by Crippen LogP contribution is -2.28. The van der Waals surface area contributed by atoms with E-state index in [1.54, 1.807) is 7.11 Å². The van der Waals surface area contributed by atoms with E-state index in [0.29, 0.717) is 41.3 Å². The molecule has 0 fully saturated rings. The van der Waals surface area contributed by atoms with E-state index in [2.05, 4.69) is 11.1 Å². The van der Waals surface area contributed by atoms with Gasteiger partial charge in [0.05, 0.1) is 30.6 Å². The van der Waals surface area contributed by atoms with Crippen LogP contribution in [0.5, 0.6) is 0 Å². The average molecular weight is 276 g/mol. The Hall–Kier alpha value is -0.870. The van der Waals surface area contributed by atoms with Gasteiger partial charge in [-0.05, 0) is 0 Å². The van der Waals surface area contributed by atoms with Crippen molar-refractivity contribution in [3.63, 3.8) is 0 Å². The smallest absolute Gasteiger partial charge is 0.187 e. The molecule has 1 heterocycles. The van der Waals surface area contributed by atoms with Gasteiger partial charge in [0, 0.05) is 20.2 Å². The van der Waals surface area contributed by atoms with Crippen molar-refractivity contribution in [2.75, 3.05) is 31.7 Å². The highest BCUT2D eigenvalue weighted by molar-refractivity contribution is 7.16. The number of hydrogen-bond acceptors (Lipinski definition) is 6. The fourth-order valence-electron chi connectivity index (χ4n) is 1.24. The summed E-state index contributed by atoms with van der Waals surface area (Å²) in [6, 6.07) is 2.09. The second-order valence-corrected chi connectivity index (χ2v) is 4.68. The zero-order valence-electron chi connectivity index (χ0n) is 9.52. The van der Waals surface area contributed by atoms with Crippen molar-refractivity contribution in [1.82, 2.24) is 4.98 Å². The van der Waals surface area contributed by atoms with Crippen LogP contribution in [0.15, 0.2) is 0 Å². The van der Waals surface area contributed by atoms with Crippen LogP contribution in [0.25, 0.3) is 0 Å². The third-order valence-electron chi connectivity index (χ3n) is 2.11. The van der Waals surface area contributed by atoms with Crippen molar-refractivity contribution in [2.45, 2.75) is 13.0 Å². The monoisotopic (exact) mass is 275 g/mol. The van der Waals surface area contributed by atoms with E-state index in [1.807, 2.05) is 4.90 Å². The number of hydrogen-bond donors (Lipinski definition) is 1. The summed E-state index contributed by atoms with van der Waals surface area (Å²) in [4.78, 5) is 6.75. The van der Waals surface area contributed by atoms with Crippen LogP contribution in [-0.2, 0) is 11.3 Å². The lowest BCUT2D eigenvalue weighted by molar-refractivity contribution is 0.205. The highest BCUT2D eigenvalue weighted by Crippen LogP contribution is 2.29. The molecule has 0 saturated heterocycles. The predicted octanol–water partition coefficient (Wildman–Crippen LogP) is 1.66. The molecule has 0 atom stereocenters. The van der Waals surface area contributed by atoms with Crippen LogP contribution in [0.4, 0.5) is 5.13 Å². The minimum Gasteiger partial charge on any atom is -0.391 e. The van der Waals surface area contributed by atoms with Gasteiger partial charge in [-0.15, -0.1) is 0 Å². The summed E-state index contributed by atoms with van der Waals surface area (Å²) < 4.78 is 5.01. The van der Waals surface area contributed by atoms with Crippen LogP contribution in [0.1, 0.15) is 11.3 Å². The third kappa shape index (κ3) is 4.13. The molecule has 1 aromatic heterocycles. The summed E-state index contributed by atoms with van der Waals surface area (Å²) in [5, 5.41) is 18.7. The highest BCUT2D eigenvalue weighted by atomic mass is 35.5. The molecule has 5 nitrogen and oxygen atoms in total. The third-order valence-corrected chi connectivity index (χ3v) is 3.64. The minimum absolute atomic E-state index is 0.118. The number of anilines is 1. The van der Waals surface area contributed by atoms with Crippen LogP contribution in [-0.4, -0.2) is 36.9 Å². The summed E-state index contributed by atoms with van der Waals surface area (Å²) in [7, 11) is 1.62.